The van der Waals surface area contributed by atoms with Gasteiger partial charge in [-0.05, 0) is 12.8 Å². The summed E-state index contributed by atoms with van der Waals surface area (Å²) in [5.74, 6) is 0.480. The van der Waals surface area contributed by atoms with E-state index in [9.17, 15) is 9.59 Å². The fraction of sp³-hybridized carbons (Fsp3) is 0.722. The van der Waals surface area contributed by atoms with Crippen LogP contribution in [-0.2, 0) is 22.5 Å². The zero-order chi connectivity index (χ0) is 18.5. The maximum Gasteiger partial charge on any atom is 0.268 e. The van der Waals surface area contributed by atoms with Gasteiger partial charge in [0.05, 0.1) is 29.5 Å². The molecule has 1 aromatic heterocycles. The molecule has 2 aliphatic heterocycles. The van der Waals surface area contributed by atoms with Crippen LogP contribution in [0.4, 0.5) is 0 Å². The summed E-state index contributed by atoms with van der Waals surface area (Å²) in [4.78, 5) is 32.9. The Hall–Kier alpha value is -0.990. The number of hydrogen-bond acceptors (Lipinski definition) is 6. The van der Waals surface area contributed by atoms with Crippen molar-refractivity contribution in [2.45, 2.75) is 60.9 Å². The highest BCUT2D eigenvalue weighted by molar-refractivity contribution is 8.00. The molecule has 0 N–H and O–H groups in total. The molecule has 1 fully saturated rings. The monoisotopic (exact) mass is 397 g/mol. The van der Waals surface area contributed by atoms with Gasteiger partial charge in [-0.2, -0.15) is 0 Å². The van der Waals surface area contributed by atoms with E-state index in [0.29, 0.717) is 29.3 Å². The Labute approximate surface area is 163 Å². The Morgan fingerprint density at radius 1 is 1.31 bits per heavy atom. The van der Waals surface area contributed by atoms with E-state index in [-0.39, 0.29) is 11.5 Å². The number of ether oxygens (including phenoxy) is 1. The summed E-state index contributed by atoms with van der Waals surface area (Å²) < 4.78 is 6.83. The second-order valence-corrected chi connectivity index (χ2v) is 9.23. The van der Waals surface area contributed by atoms with E-state index in [2.05, 4.69) is 6.92 Å². The van der Waals surface area contributed by atoms with E-state index in [0.717, 1.165) is 42.9 Å². The molecule has 6 nitrogen and oxygen atoms in total. The topological polar surface area (TPSA) is 64.4 Å². The summed E-state index contributed by atoms with van der Waals surface area (Å²) in [6, 6.07) is 0. The molecule has 0 saturated carbocycles. The lowest BCUT2D eigenvalue weighted by atomic mass is 10.2. The van der Waals surface area contributed by atoms with Crippen molar-refractivity contribution in [2.24, 2.45) is 0 Å². The minimum Gasteiger partial charge on any atom is -0.383 e. The number of thioether (sulfide) groups is 2. The third-order valence-electron chi connectivity index (χ3n) is 4.77. The molecule has 1 atom stereocenters. The minimum absolute atomic E-state index is 0.00567. The fourth-order valence-electron chi connectivity index (χ4n) is 3.36. The van der Waals surface area contributed by atoms with Gasteiger partial charge in [0, 0.05) is 31.9 Å². The first kappa shape index (κ1) is 19.8. The van der Waals surface area contributed by atoms with E-state index < -0.39 is 0 Å². The van der Waals surface area contributed by atoms with Crippen molar-refractivity contribution in [3.8, 4) is 0 Å². The average Bonchev–Trinajstić information content (AvgIpc) is 2.83. The van der Waals surface area contributed by atoms with Crippen molar-refractivity contribution < 1.29 is 9.53 Å². The molecule has 3 rings (SSSR count). The van der Waals surface area contributed by atoms with Crippen LogP contribution < -0.4 is 5.56 Å². The van der Waals surface area contributed by atoms with Gasteiger partial charge in [0.15, 0.2) is 5.16 Å². The minimum atomic E-state index is 0.00567. The van der Waals surface area contributed by atoms with E-state index in [4.69, 9.17) is 9.72 Å². The van der Waals surface area contributed by atoms with Crippen LogP contribution in [0.2, 0.25) is 0 Å². The highest BCUT2D eigenvalue weighted by Crippen LogP contribution is 2.34. The zero-order valence-corrected chi connectivity index (χ0v) is 17.2. The van der Waals surface area contributed by atoms with Gasteiger partial charge in [-0.25, -0.2) is 4.98 Å². The quantitative estimate of drug-likeness (QED) is 0.543. The van der Waals surface area contributed by atoms with Crippen LogP contribution in [0, 0.1) is 0 Å². The molecule has 0 radical (unpaired) electrons. The van der Waals surface area contributed by atoms with Gasteiger partial charge < -0.3 is 9.64 Å². The van der Waals surface area contributed by atoms with Crippen LogP contribution in [0.25, 0.3) is 0 Å². The number of nitrogens with zero attached hydrogens (tertiary/aromatic N) is 3. The van der Waals surface area contributed by atoms with E-state index in [1.165, 1.54) is 24.6 Å². The highest BCUT2D eigenvalue weighted by Gasteiger charge is 2.26. The molecule has 3 heterocycles. The number of rotatable bonds is 6. The van der Waals surface area contributed by atoms with Crippen molar-refractivity contribution in [1.29, 1.82) is 0 Å². The lowest BCUT2D eigenvalue weighted by Gasteiger charge is -2.20. The van der Waals surface area contributed by atoms with Crippen molar-refractivity contribution in [3.05, 3.63) is 16.0 Å². The number of fused-ring (bicyclic) bond motifs is 1. The molecule has 0 aromatic carbocycles. The van der Waals surface area contributed by atoms with Gasteiger partial charge in [-0.3, -0.25) is 14.2 Å². The zero-order valence-electron chi connectivity index (χ0n) is 15.5. The molecule has 0 spiro atoms. The summed E-state index contributed by atoms with van der Waals surface area (Å²) >= 11 is 2.99. The van der Waals surface area contributed by atoms with Crippen LogP contribution in [0.5, 0.6) is 0 Å². The lowest BCUT2D eigenvalue weighted by Crippen LogP contribution is -2.33. The number of carbonyl (C=O) groups is 1. The van der Waals surface area contributed by atoms with Gasteiger partial charge >= 0.3 is 0 Å². The number of amides is 1. The third-order valence-corrected chi connectivity index (χ3v) is 6.94. The number of aromatic nitrogens is 2. The first-order valence-electron chi connectivity index (χ1n) is 9.30. The van der Waals surface area contributed by atoms with E-state index in [1.54, 1.807) is 23.4 Å². The SMILES string of the molecule is COCCn1c(SCC(=O)N2CCCCCC2)nc2c(c1=O)SC(C)C2. The molecule has 144 valence electrons. The molecule has 1 unspecified atom stereocenters. The van der Waals surface area contributed by atoms with Crippen molar-refractivity contribution in [1.82, 2.24) is 14.5 Å². The molecule has 2 aliphatic rings. The van der Waals surface area contributed by atoms with E-state index >= 15 is 0 Å². The molecule has 1 saturated heterocycles. The van der Waals surface area contributed by atoms with Crippen LogP contribution in [0.15, 0.2) is 14.8 Å². The third kappa shape index (κ3) is 4.64. The van der Waals surface area contributed by atoms with Gasteiger partial charge in [0.2, 0.25) is 5.91 Å². The number of methoxy groups -OCH3 is 1. The largest absolute Gasteiger partial charge is 0.383 e. The van der Waals surface area contributed by atoms with Crippen molar-refractivity contribution >= 4 is 29.4 Å². The Balaban J connectivity index is 1.75. The average molecular weight is 398 g/mol. The molecule has 26 heavy (non-hydrogen) atoms. The summed E-state index contributed by atoms with van der Waals surface area (Å²) in [7, 11) is 1.62. The molecule has 0 bridgehead atoms. The standard InChI is InChI=1S/C18H27N3O3S2/c1-13-11-14-16(26-13)17(23)21(9-10-24-2)18(19-14)25-12-15(22)20-7-5-3-4-6-8-20/h13H,3-12H2,1-2H3. The van der Waals surface area contributed by atoms with Gasteiger partial charge in [0.25, 0.3) is 5.56 Å². The Bertz CT molecular complexity index is 700. The Morgan fingerprint density at radius 3 is 2.73 bits per heavy atom. The summed E-state index contributed by atoms with van der Waals surface area (Å²) in [6.07, 6.45) is 5.39. The maximum absolute atomic E-state index is 12.9. The molecule has 8 heteroatoms. The molecular weight excluding hydrogens is 370 g/mol. The molecular formula is C18H27N3O3S2. The molecule has 1 aromatic rings. The maximum atomic E-state index is 12.9. The summed E-state index contributed by atoms with van der Waals surface area (Å²) in [5, 5.41) is 1.02. The molecule has 1 amide bonds. The highest BCUT2D eigenvalue weighted by atomic mass is 32.2. The fourth-order valence-corrected chi connectivity index (χ4v) is 5.42. The Kier molecular flexibility index (Phi) is 7.05. The lowest BCUT2D eigenvalue weighted by molar-refractivity contribution is -0.128. The van der Waals surface area contributed by atoms with E-state index in [1.807, 2.05) is 4.90 Å². The van der Waals surface area contributed by atoms with Crippen LogP contribution in [0.1, 0.15) is 38.3 Å². The number of hydrogen-bond donors (Lipinski definition) is 0. The van der Waals surface area contributed by atoms with Gasteiger partial charge in [-0.15, -0.1) is 11.8 Å². The van der Waals surface area contributed by atoms with Gasteiger partial charge in [-0.1, -0.05) is 31.5 Å². The second kappa shape index (κ2) is 9.28. The van der Waals surface area contributed by atoms with Crippen molar-refractivity contribution in [2.75, 3.05) is 32.6 Å². The summed E-state index contributed by atoms with van der Waals surface area (Å²) in [5.41, 5.74) is 0.886. The predicted molar refractivity (Wildman–Crippen MR) is 105 cm³/mol. The van der Waals surface area contributed by atoms with Crippen LogP contribution in [-0.4, -0.2) is 58.2 Å². The second-order valence-electron chi connectivity index (χ2n) is 6.84. The normalized spacial score (nSPS) is 20.1. The number of carbonyl (C=O) groups excluding carboxylic acids is 1. The molecule has 0 aliphatic carbocycles. The Morgan fingerprint density at radius 2 is 2.04 bits per heavy atom. The first-order chi connectivity index (χ1) is 12.6. The van der Waals surface area contributed by atoms with Crippen molar-refractivity contribution in [3.63, 3.8) is 0 Å². The first-order valence-corrected chi connectivity index (χ1v) is 11.2. The number of likely N-dealkylation sites (tertiary alicyclic amines) is 1. The van der Waals surface area contributed by atoms with Crippen LogP contribution >= 0.6 is 23.5 Å². The van der Waals surface area contributed by atoms with Crippen LogP contribution in [0.3, 0.4) is 0 Å². The predicted octanol–water partition coefficient (Wildman–Crippen LogP) is 2.42. The van der Waals surface area contributed by atoms with Gasteiger partial charge in [0.1, 0.15) is 0 Å². The smallest absolute Gasteiger partial charge is 0.268 e. The summed E-state index contributed by atoms with van der Waals surface area (Å²) in [6.45, 7) is 4.73.